The first-order valence-corrected chi connectivity index (χ1v) is 13.2. The van der Waals surface area contributed by atoms with Gasteiger partial charge in [0.05, 0.1) is 31.0 Å². The van der Waals surface area contributed by atoms with E-state index in [4.69, 9.17) is 9.47 Å². The SMILES string of the molecule is C[C@@H]1CC[C@@]2(OC1)O[C@H]1C[C@H]3[C@@H]4CC=C5C[C@@H](O)C[C@@H](O)[C@]5(C)[C@H]4[C@H](O)C[C@]3(C)[C@H]1[C@@H]2C. The average Bonchev–Trinajstić information content (AvgIpc) is 3.16. The van der Waals surface area contributed by atoms with Crippen LogP contribution in [0, 0.1) is 46.3 Å². The molecule has 0 aromatic heterocycles. The Morgan fingerprint density at radius 1 is 1.06 bits per heavy atom. The fourth-order valence-corrected chi connectivity index (χ4v) is 9.84. The molecule has 180 valence electrons. The summed E-state index contributed by atoms with van der Waals surface area (Å²) in [5, 5.41) is 33.1. The van der Waals surface area contributed by atoms with Crippen molar-refractivity contribution in [3.05, 3.63) is 11.6 Å². The third-order valence-corrected chi connectivity index (χ3v) is 11.4. The summed E-state index contributed by atoms with van der Waals surface area (Å²) in [5.74, 6) is 1.81. The van der Waals surface area contributed by atoms with Crippen LogP contribution < -0.4 is 0 Å². The van der Waals surface area contributed by atoms with Gasteiger partial charge in [-0.3, -0.25) is 0 Å². The van der Waals surface area contributed by atoms with Crippen molar-refractivity contribution in [1.82, 2.24) is 0 Å². The lowest BCUT2D eigenvalue weighted by Gasteiger charge is -2.61. The van der Waals surface area contributed by atoms with E-state index in [1.165, 1.54) is 5.57 Å². The lowest BCUT2D eigenvalue weighted by Crippen LogP contribution is -2.60. The van der Waals surface area contributed by atoms with Crippen LogP contribution in [-0.2, 0) is 9.47 Å². The highest BCUT2D eigenvalue weighted by Crippen LogP contribution is 2.70. The number of fused-ring (bicyclic) bond motifs is 7. The third-order valence-electron chi connectivity index (χ3n) is 11.4. The van der Waals surface area contributed by atoms with Gasteiger partial charge in [0.2, 0.25) is 0 Å². The lowest BCUT2D eigenvalue weighted by molar-refractivity contribution is -0.273. The van der Waals surface area contributed by atoms with Gasteiger partial charge in [-0.15, -0.1) is 0 Å². The Morgan fingerprint density at radius 2 is 1.84 bits per heavy atom. The second-order valence-electron chi connectivity index (χ2n) is 12.9. The molecule has 0 radical (unpaired) electrons. The van der Waals surface area contributed by atoms with E-state index in [0.717, 1.165) is 38.7 Å². The molecule has 0 amide bonds. The molecule has 6 rings (SSSR count). The second-order valence-corrected chi connectivity index (χ2v) is 12.9. The lowest BCUT2D eigenvalue weighted by atomic mass is 9.45. The third kappa shape index (κ3) is 2.69. The maximum absolute atomic E-state index is 11.7. The van der Waals surface area contributed by atoms with Crippen molar-refractivity contribution >= 4 is 0 Å². The Hall–Kier alpha value is -0.460. The number of rotatable bonds is 0. The summed E-state index contributed by atoms with van der Waals surface area (Å²) >= 11 is 0. The zero-order valence-electron chi connectivity index (χ0n) is 20.2. The van der Waals surface area contributed by atoms with Gasteiger partial charge in [-0.1, -0.05) is 39.3 Å². The van der Waals surface area contributed by atoms with Crippen LogP contribution in [0.25, 0.3) is 0 Å². The Kier molecular flexibility index (Phi) is 4.84. The van der Waals surface area contributed by atoms with E-state index in [9.17, 15) is 15.3 Å². The van der Waals surface area contributed by atoms with Crippen molar-refractivity contribution in [3.8, 4) is 0 Å². The molecule has 2 aliphatic heterocycles. The Morgan fingerprint density at radius 3 is 2.56 bits per heavy atom. The highest BCUT2D eigenvalue weighted by molar-refractivity contribution is 5.29. The molecule has 2 saturated heterocycles. The molecule has 3 saturated carbocycles. The molecule has 0 aromatic rings. The van der Waals surface area contributed by atoms with Gasteiger partial charge in [0.25, 0.3) is 0 Å². The normalized spacial score (nSPS) is 61.5. The van der Waals surface area contributed by atoms with Crippen molar-refractivity contribution in [3.63, 3.8) is 0 Å². The summed E-state index contributed by atoms with van der Waals surface area (Å²) in [6, 6.07) is 0. The van der Waals surface area contributed by atoms with Crippen LogP contribution >= 0.6 is 0 Å². The molecule has 2 heterocycles. The molecule has 0 aromatic carbocycles. The van der Waals surface area contributed by atoms with Crippen LogP contribution in [-0.4, -0.2) is 52.1 Å². The van der Waals surface area contributed by atoms with Gasteiger partial charge in [0, 0.05) is 24.2 Å². The zero-order valence-corrected chi connectivity index (χ0v) is 20.2. The number of hydrogen-bond acceptors (Lipinski definition) is 5. The van der Waals surface area contributed by atoms with E-state index in [2.05, 4.69) is 33.8 Å². The average molecular weight is 447 g/mol. The van der Waals surface area contributed by atoms with Crippen LogP contribution in [0.3, 0.4) is 0 Å². The molecule has 5 fully saturated rings. The monoisotopic (exact) mass is 446 g/mol. The minimum Gasteiger partial charge on any atom is -0.393 e. The molecule has 32 heavy (non-hydrogen) atoms. The predicted molar refractivity (Wildman–Crippen MR) is 120 cm³/mol. The largest absolute Gasteiger partial charge is 0.393 e. The number of ether oxygens (including phenoxy) is 2. The van der Waals surface area contributed by atoms with E-state index >= 15 is 0 Å². The van der Waals surface area contributed by atoms with Crippen molar-refractivity contribution in [2.24, 2.45) is 46.3 Å². The maximum Gasteiger partial charge on any atom is 0.171 e. The molecule has 0 unspecified atom stereocenters. The fourth-order valence-electron chi connectivity index (χ4n) is 9.84. The minimum atomic E-state index is -0.596. The minimum absolute atomic E-state index is 0.0292. The topological polar surface area (TPSA) is 79.2 Å². The van der Waals surface area contributed by atoms with Crippen LogP contribution in [0.4, 0.5) is 0 Å². The first-order valence-electron chi connectivity index (χ1n) is 13.2. The summed E-state index contributed by atoms with van der Waals surface area (Å²) in [4.78, 5) is 0. The van der Waals surface area contributed by atoms with Gasteiger partial charge in [-0.2, -0.15) is 0 Å². The summed E-state index contributed by atoms with van der Waals surface area (Å²) in [7, 11) is 0. The van der Waals surface area contributed by atoms with Crippen molar-refractivity contribution in [1.29, 1.82) is 0 Å². The van der Waals surface area contributed by atoms with E-state index in [1.807, 2.05) is 0 Å². The van der Waals surface area contributed by atoms with E-state index in [0.29, 0.717) is 42.4 Å². The Labute approximate surface area is 192 Å². The molecule has 4 aliphatic carbocycles. The fraction of sp³-hybridized carbons (Fsp3) is 0.926. The quantitative estimate of drug-likeness (QED) is 0.495. The Balaban J connectivity index is 1.33. The number of hydrogen-bond donors (Lipinski definition) is 3. The van der Waals surface area contributed by atoms with Gasteiger partial charge >= 0.3 is 0 Å². The molecule has 0 bridgehead atoms. The molecule has 5 nitrogen and oxygen atoms in total. The number of aliphatic hydroxyl groups is 3. The Bertz CT molecular complexity index is 802. The van der Waals surface area contributed by atoms with Crippen molar-refractivity contribution in [2.45, 2.75) is 103 Å². The number of aliphatic hydroxyl groups excluding tert-OH is 3. The molecule has 3 N–H and O–H groups in total. The summed E-state index contributed by atoms with van der Waals surface area (Å²) in [6.07, 6.45) is 6.95. The highest BCUT2D eigenvalue weighted by atomic mass is 16.7. The first-order chi connectivity index (χ1) is 15.1. The summed E-state index contributed by atoms with van der Waals surface area (Å²) in [5.41, 5.74) is 0.761. The van der Waals surface area contributed by atoms with Crippen LogP contribution in [0.2, 0.25) is 0 Å². The van der Waals surface area contributed by atoms with E-state index < -0.39 is 29.5 Å². The molecule has 5 heteroatoms. The molecule has 1 spiro atoms. The van der Waals surface area contributed by atoms with E-state index in [1.54, 1.807) is 0 Å². The first kappa shape index (κ1) is 22.0. The number of allylic oxidation sites excluding steroid dienone is 1. The van der Waals surface area contributed by atoms with Gasteiger partial charge in [-0.25, -0.2) is 0 Å². The predicted octanol–water partition coefficient (Wildman–Crippen LogP) is 3.66. The van der Waals surface area contributed by atoms with Gasteiger partial charge < -0.3 is 24.8 Å². The summed E-state index contributed by atoms with van der Waals surface area (Å²) in [6.45, 7) is 9.94. The molecular formula is C27H42O5. The van der Waals surface area contributed by atoms with E-state index in [-0.39, 0.29) is 17.4 Å². The molecule has 13 atom stereocenters. The zero-order chi connectivity index (χ0) is 22.6. The van der Waals surface area contributed by atoms with Crippen molar-refractivity contribution in [2.75, 3.05) is 6.61 Å². The second kappa shape index (κ2) is 7.04. The van der Waals surface area contributed by atoms with Crippen LogP contribution in [0.15, 0.2) is 11.6 Å². The van der Waals surface area contributed by atoms with Gasteiger partial charge in [0.15, 0.2) is 5.79 Å². The van der Waals surface area contributed by atoms with Gasteiger partial charge in [-0.05, 0) is 67.1 Å². The van der Waals surface area contributed by atoms with Gasteiger partial charge in [0.1, 0.15) is 0 Å². The molecular weight excluding hydrogens is 404 g/mol. The smallest absolute Gasteiger partial charge is 0.171 e. The molecule has 6 aliphatic rings. The summed E-state index contributed by atoms with van der Waals surface area (Å²) < 4.78 is 13.2. The van der Waals surface area contributed by atoms with Crippen molar-refractivity contribution < 1.29 is 24.8 Å². The maximum atomic E-state index is 11.7. The van der Waals surface area contributed by atoms with Crippen LogP contribution in [0.5, 0.6) is 0 Å². The standard InChI is InChI=1S/C27H42O5/c1-14-7-8-27(31-13-14)15(2)23-21(32-27)11-19-18-6-5-16-9-17(28)10-22(30)26(16,4)24(18)20(29)12-25(19,23)3/h5,14-15,17-24,28-30H,6-13H2,1-4H3/t14-,15+,17-,18+,19+,20-,21+,22-,23+,24-,25+,26-,27-/m1/s1. The van der Waals surface area contributed by atoms with Crippen LogP contribution in [0.1, 0.15) is 72.6 Å². The highest BCUT2D eigenvalue weighted by Gasteiger charge is 2.70.